The first kappa shape index (κ1) is 35.4. The molecule has 0 spiro atoms. The van der Waals surface area contributed by atoms with Gasteiger partial charge in [0.1, 0.15) is 0 Å². The van der Waals surface area contributed by atoms with Gasteiger partial charge >= 0.3 is 0 Å². The number of hydrogen-bond donors (Lipinski definition) is 2. The number of aliphatic hydroxyl groups excluding tert-OH is 1. The van der Waals surface area contributed by atoms with Crippen LogP contribution in [-0.4, -0.2) is 23.7 Å². The molecule has 3 nitrogen and oxygen atoms in total. The highest BCUT2D eigenvalue weighted by Gasteiger charge is 2.07. The van der Waals surface area contributed by atoms with Crippen LogP contribution in [0.25, 0.3) is 0 Å². The molecule has 0 aliphatic rings. The second-order valence-electron chi connectivity index (χ2n) is 11.5. The van der Waals surface area contributed by atoms with E-state index in [0.29, 0.717) is 13.0 Å². The standard InChI is InChI=1S/C33H67NO2/c1-3-5-7-9-11-13-15-17-19-21-23-25-27-29-32(35)31-34-33(36)30-28-26-24-22-20-18-16-14-12-10-8-6-4-2/h32,35H,3-31H2,1-2H3,(H,34,36)/t32-/m0/s1. The topological polar surface area (TPSA) is 49.3 Å². The molecule has 0 bridgehead atoms. The molecule has 1 amide bonds. The molecule has 0 aromatic rings. The van der Waals surface area contributed by atoms with Crippen LogP contribution in [0.3, 0.4) is 0 Å². The minimum atomic E-state index is -0.381. The van der Waals surface area contributed by atoms with Crippen LogP contribution in [0.15, 0.2) is 0 Å². The average Bonchev–Trinajstić information content (AvgIpc) is 2.88. The highest BCUT2D eigenvalue weighted by atomic mass is 16.3. The van der Waals surface area contributed by atoms with Crippen LogP contribution < -0.4 is 5.32 Å². The highest BCUT2D eigenvalue weighted by Crippen LogP contribution is 2.14. The molecular formula is C33H67NO2. The van der Waals surface area contributed by atoms with Gasteiger partial charge in [-0.25, -0.2) is 0 Å². The van der Waals surface area contributed by atoms with Gasteiger partial charge < -0.3 is 10.4 Å². The summed E-state index contributed by atoms with van der Waals surface area (Å²) < 4.78 is 0. The van der Waals surface area contributed by atoms with Crippen molar-refractivity contribution in [2.24, 2.45) is 0 Å². The molecule has 0 saturated heterocycles. The Morgan fingerprint density at radius 3 is 1.17 bits per heavy atom. The molecule has 0 rings (SSSR count). The van der Waals surface area contributed by atoms with Crippen molar-refractivity contribution in [3.05, 3.63) is 0 Å². The van der Waals surface area contributed by atoms with E-state index in [1.807, 2.05) is 0 Å². The summed E-state index contributed by atoms with van der Waals surface area (Å²) in [4.78, 5) is 12.0. The Morgan fingerprint density at radius 2 is 0.806 bits per heavy atom. The normalized spacial score (nSPS) is 12.2. The summed E-state index contributed by atoms with van der Waals surface area (Å²) >= 11 is 0. The monoisotopic (exact) mass is 510 g/mol. The van der Waals surface area contributed by atoms with Crippen molar-refractivity contribution in [3.63, 3.8) is 0 Å². The van der Waals surface area contributed by atoms with Gasteiger partial charge in [0.15, 0.2) is 0 Å². The van der Waals surface area contributed by atoms with Gasteiger partial charge in [0.25, 0.3) is 0 Å². The Labute approximate surface area is 227 Å². The van der Waals surface area contributed by atoms with Gasteiger partial charge in [0.2, 0.25) is 5.91 Å². The van der Waals surface area contributed by atoms with Crippen molar-refractivity contribution in [3.8, 4) is 0 Å². The van der Waals surface area contributed by atoms with Gasteiger partial charge in [0, 0.05) is 13.0 Å². The predicted octanol–water partition coefficient (Wildman–Crippen LogP) is 10.4. The van der Waals surface area contributed by atoms with E-state index in [1.54, 1.807) is 0 Å². The van der Waals surface area contributed by atoms with E-state index in [9.17, 15) is 9.90 Å². The summed E-state index contributed by atoms with van der Waals surface area (Å²) in [6.07, 6.45) is 35.8. The van der Waals surface area contributed by atoms with Crippen molar-refractivity contribution < 1.29 is 9.90 Å². The zero-order chi connectivity index (χ0) is 26.4. The molecule has 0 aromatic carbocycles. The number of nitrogens with one attached hydrogen (secondary N) is 1. The summed E-state index contributed by atoms with van der Waals surface area (Å²) in [6.45, 7) is 4.98. The summed E-state index contributed by atoms with van der Waals surface area (Å²) in [5.74, 6) is 0.113. The van der Waals surface area contributed by atoms with E-state index < -0.39 is 0 Å². The van der Waals surface area contributed by atoms with Gasteiger partial charge in [-0.2, -0.15) is 0 Å². The van der Waals surface area contributed by atoms with Crippen molar-refractivity contribution in [2.45, 2.75) is 200 Å². The number of hydrogen-bond acceptors (Lipinski definition) is 2. The smallest absolute Gasteiger partial charge is 0.220 e. The second kappa shape index (κ2) is 30.7. The van der Waals surface area contributed by atoms with Crippen molar-refractivity contribution >= 4 is 5.91 Å². The van der Waals surface area contributed by atoms with Crippen LogP contribution >= 0.6 is 0 Å². The minimum Gasteiger partial charge on any atom is -0.391 e. The minimum absolute atomic E-state index is 0.113. The lowest BCUT2D eigenvalue weighted by Crippen LogP contribution is -2.31. The van der Waals surface area contributed by atoms with Gasteiger partial charge in [0.05, 0.1) is 6.10 Å². The lowest BCUT2D eigenvalue weighted by atomic mass is 10.0. The second-order valence-corrected chi connectivity index (χ2v) is 11.5. The van der Waals surface area contributed by atoms with Crippen molar-refractivity contribution in [2.75, 3.05) is 6.54 Å². The van der Waals surface area contributed by atoms with E-state index in [2.05, 4.69) is 19.2 Å². The molecule has 0 fully saturated rings. The summed E-state index contributed by atoms with van der Waals surface area (Å²) in [5, 5.41) is 13.1. The molecule has 216 valence electrons. The highest BCUT2D eigenvalue weighted by molar-refractivity contribution is 5.75. The summed E-state index contributed by atoms with van der Waals surface area (Å²) in [7, 11) is 0. The SMILES string of the molecule is CCCCCCCCCCCCCCCC(=O)NC[C@@H](O)CCCCCCCCCCCCCCC. The number of carbonyl (C=O) groups excluding carboxylic acids is 1. The van der Waals surface area contributed by atoms with Crippen LogP contribution in [0.1, 0.15) is 194 Å². The Bertz CT molecular complexity index is 426. The summed E-state index contributed by atoms with van der Waals surface area (Å²) in [5.41, 5.74) is 0. The third kappa shape index (κ3) is 29.7. The fourth-order valence-electron chi connectivity index (χ4n) is 5.12. The molecule has 0 aliphatic carbocycles. The number of aliphatic hydroxyl groups is 1. The maximum atomic E-state index is 12.0. The molecule has 3 heteroatoms. The maximum Gasteiger partial charge on any atom is 0.220 e. The number of unbranched alkanes of at least 4 members (excludes halogenated alkanes) is 24. The molecule has 36 heavy (non-hydrogen) atoms. The van der Waals surface area contributed by atoms with Crippen molar-refractivity contribution in [1.82, 2.24) is 5.32 Å². The third-order valence-electron chi connectivity index (χ3n) is 7.68. The molecular weight excluding hydrogens is 442 g/mol. The first-order valence-corrected chi connectivity index (χ1v) is 16.7. The first-order valence-electron chi connectivity index (χ1n) is 16.7. The average molecular weight is 510 g/mol. The van der Waals surface area contributed by atoms with Gasteiger partial charge in [-0.05, 0) is 12.8 Å². The molecule has 1 atom stereocenters. The van der Waals surface area contributed by atoms with Crippen LogP contribution in [0.4, 0.5) is 0 Å². The fourth-order valence-corrected chi connectivity index (χ4v) is 5.12. The quantitative estimate of drug-likeness (QED) is 0.0946. The Balaban J connectivity index is 3.27. The fraction of sp³-hybridized carbons (Fsp3) is 0.970. The molecule has 0 heterocycles. The van der Waals surface area contributed by atoms with E-state index in [0.717, 1.165) is 25.7 Å². The van der Waals surface area contributed by atoms with Crippen LogP contribution in [0.2, 0.25) is 0 Å². The Morgan fingerprint density at radius 1 is 0.500 bits per heavy atom. The van der Waals surface area contributed by atoms with E-state index in [4.69, 9.17) is 0 Å². The van der Waals surface area contributed by atoms with Gasteiger partial charge in [-0.15, -0.1) is 0 Å². The predicted molar refractivity (Wildman–Crippen MR) is 160 cm³/mol. The molecule has 0 aromatic heterocycles. The van der Waals surface area contributed by atoms with Crippen LogP contribution in [0, 0.1) is 0 Å². The number of rotatable bonds is 30. The molecule has 2 N–H and O–H groups in total. The molecule has 0 radical (unpaired) electrons. The summed E-state index contributed by atoms with van der Waals surface area (Å²) in [6, 6.07) is 0. The van der Waals surface area contributed by atoms with Crippen LogP contribution in [0.5, 0.6) is 0 Å². The lowest BCUT2D eigenvalue weighted by molar-refractivity contribution is -0.121. The largest absolute Gasteiger partial charge is 0.391 e. The molecule has 0 unspecified atom stereocenters. The Hall–Kier alpha value is -0.570. The number of carbonyl (C=O) groups is 1. The van der Waals surface area contributed by atoms with Crippen molar-refractivity contribution in [1.29, 1.82) is 0 Å². The molecule has 0 aliphatic heterocycles. The number of amides is 1. The third-order valence-corrected chi connectivity index (χ3v) is 7.68. The zero-order valence-corrected chi connectivity index (χ0v) is 24.9. The Kier molecular flexibility index (Phi) is 30.2. The van der Waals surface area contributed by atoms with Gasteiger partial charge in [-0.1, -0.05) is 174 Å². The molecule has 0 saturated carbocycles. The maximum absolute atomic E-state index is 12.0. The van der Waals surface area contributed by atoms with E-state index in [-0.39, 0.29) is 12.0 Å². The van der Waals surface area contributed by atoms with Crippen LogP contribution in [-0.2, 0) is 4.79 Å². The van der Waals surface area contributed by atoms with E-state index >= 15 is 0 Å². The van der Waals surface area contributed by atoms with Gasteiger partial charge in [-0.3, -0.25) is 4.79 Å². The first-order chi connectivity index (χ1) is 17.7. The zero-order valence-electron chi connectivity index (χ0n) is 24.9. The lowest BCUT2D eigenvalue weighted by Gasteiger charge is -2.12. The van der Waals surface area contributed by atoms with E-state index in [1.165, 1.54) is 148 Å².